The molecule has 3 rings (SSSR count). The first-order valence-electron chi connectivity index (χ1n) is 7.70. The lowest BCUT2D eigenvalue weighted by Crippen LogP contribution is -2.16. The third kappa shape index (κ3) is 4.10. The fourth-order valence-corrected chi connectivity index (χ4v) is 3.43. The summed E-state index contributed by atoms with van der Waals surface area (Å²) in [5, 5.41) is 9.45. The molecule has 0 aliphatic carbocycles. The Hall–Kier alpha value is -1.44. The van der Waals surface area contributed by atoms with Gasteiger partial charge in [-0.3, -0.25) is 4.57 Å². The number of hydrogen-bond donors (Lipinski definition) is 0. The zero-order chi connectivity index (χ0) is 16.1. The number of benzene rings is 1. The first-order chi connectivity index (χ1) is 11.3. The summed E-state index contributed by atoms with van der Waals surface area (Å²) in [7, 11) is 1.68. The van der Waals surface area contributed by atoms with Crippen LogP contribution in [-0.2, 0) is 16.0 Å². The average Bonchev–Trinajstić information content (AvgIpc) is 3.20. The van der Waals surface area contributed by atoms with Gasteiger partial charge in [0.05, 0.1) is 19.3 Å². The molecule has 7 heteroatoms. The Labute approximate surface area is 139 Å². The predicted octanol–water partition coefficient (Wildman–Crippen LogP) is 3.00. The van der Waals surface area contributed by atoms with E-state index in [-0.39, 0.29) is 11.9 Å². The Kier molecular flexibility index (Phi) is 5.64. The van der Waals surface area contributed by atoms with Crippen molar-refractivity contribution in [2.45, 2.75) is 30.6 Å². The number of aromatic nitrogens is 3. The predicted molar refractivity (Wildman–Crippen MR) is 87.0 cm³/mol. The largest absolute Gasteiger partial charge is 0.384 e. The summed E-state index contributed by atoms with van der Waals surface area (Å²) in [4.78, 5) is 0. The second-order valence-corrected chi connectivity index (χ2v) is 6.46. The Morgan fingerprint density at radius 3 is 2.87 bits per heavy atom. The molecule has 1 aromatic heterocycles. The van der Waals surface area contributed by atoms with Crippen LogP contribution >= 0.6 is 11.8 Å². The maximum atomic E-state index is 13.2. The molecule has 1 aromatic carbocycles. The van der Waals surface area contributed by atoms with Crippen molar-refractivity contribution in [3.05, 3.63) is 30.1 Å². The highest BCUT2D eigenvalue weighted by atomic mass is 32.2. The molecule has 1 fully saturated rings. The molecule has 124 valence electrons. The SMILES string of the molecule is COCCSc1nnc(-c2ccc(F)cc2)n1CC1CCCO1. The number of thioether (sulfide) groups is 1. The van der Waals surface area contributed by atoms with Gasteiger partial charge in [0.15, 0.2) is 11.0 Å². The first kappa shape index (κ1) is 16.4. The van der Waals surface area contributed by atoms with Crippen molar-refractivity contribution >= 4 is 11.8 Å². The van der Waals surface area contributed by atoms with Gasteiger partial charge in [-0.25, -0.2) is 4.39 Å². The number of halogens is 1. The van der Waals surface area contributed by atoms with Crippen LogP contribution in [0.1, 0.15) is 12.8 Å². The molecule has 2 heterocycles. The van der Waals surface area contributed by atoms with Gasteiger partial charge in [-0.2, -0.15) is 0 Å². The molecular formula is C16H20FN3O2S. The van der Waals surface area contributed by atoms with E-state index in [4.69, 9.17) is 9.47 Å². The van der Waals surface area contributed by atoms with Crippen molar-refractivity contribution in [2.75, 3.05) is 26.1 Å². The second kappa shape index (κ2) is 7.90. The standard InChI is InChI=1S/C16H20FN3O2S/c1-21-9-10-23-16-19-18-15(12-4-6-13(17)7-5-12)20(16)11-14-3-2-8-22-14/h4-7,14H,2-3,8-11H2,1H3. The molecule has 23 heavy (non-hydrogen) atoms. The van der Waals surface area contributed by atoms with Crippen LogP contribution in [0.4, 0.5) is 4.39 Å². The van der Waals surface area contributed by atoms with E-state index in [0.29, 0.717) is 6.61 Å². The number of hydrogen-bond acceptors (Lipinski definition) is 5. The minimum absolute atomic E-state index is 0.187. The molecule has 2 aromatic rings. The summed E-state index contributed by atoms with van der Waals surface area (Å²) >= 11 is 1.61. The van der Waals surface area contributed by atoms with Crippen molar-refractivity contribution < 1.29 is 13.9 Å². The Morgan fingerprint density at radius 1 is 1.35 bits per heavy atom. The number of rotatable bonds is 7. The molecule has 1 unspecified atom stereocenters. The van der Waals surface area contributed by atoms with Crippen LogP contribution < -0.4 is 0 Å². The summed E-state index contributed by atoms with van der Waals surface area (Å²) in [6.45, 7) is 2.18. The number of methoxy groups -OCH3 is 1. The van der Waals surface area contributed by atoms with E-state index in [2.05, 4.69) is 14.8 Å². The number of ether oxygens (including phenoxy) is 2. The molecule has 0 spiro atoms. The van der Waals surface area contributed by atoms with Gasteiger partial charge in [0.1, 0.15) is 5.82 Å². The summed E-state index contributed by atoms with van der Waals surface area (Å²) in [6, 6.07) is 6.35. The van der Waals surface area contributed by atoms with Gasteiger partial charge >= 0.3 is 0 Å². The molecule has 1 aliphatic heterocycles. The molecule has 5 nitrogen and oxygen atoms in total. The van der Waals surface area contributed by atoms with Crippen LogP contribution in [-0.4, -0.2) is 46.9 Å². The minimum Gasteiger partial charge on any atom is -0.384 e. The van der Waals surface area contributed by atoms with E-state index >= 15 is 0 Å². The van der Waals surface area contributed by atoms with Crippen LogP contribution in [0.15, 0.2) is 29.4 Å². The molecule has 0 radical (unpaired) electrons. The normalized spacial score (nSPS) is 17.7. The number of nitrogens with zero attached hydrogens (tertiary/aromatic N) is 3. The van der Waals surface area contributed by atoms with E-state index in [1.165, 1.54) is 12.1 Å². The molecule has 0 N–H and O–H groups in total. The van der Waals surface area contributed by atoms with Gasteiger partial charge in [-0.15, -0.1) is 10.2 Å². The first-order valence-corrected chi connectivity index (χ1v) is 8.69. The maximum Gasteiger partial charge on any atom is 0.191 e. The molecule has 0 saturated carbocycles. The van der Waals surface area contributed by atoms with E-state index < -0.39 is 0 Å². The fourth-order valence-electron chi connectivity index (χ4n) is 2.58. The summed E-state index contributed by atoms with van der Waals surface area (Å²) in [5.41, 5.74) is 0.857. The van der Waals surface area contributed by atoms with Crippen molar-refractivity contribution in [3.8, 4) is 11.4 Å². The monoisotopic (exact) mass is 337 g/mol. The summed E-state index contributed by atoms with van der Waals surface area (Å²) in [6.07, 6.45) is 2.32. The van der Waals surface area contributed by atoms with Crippen molar-refractivity contribution in [3.63, 3.8) is 0 Å². The molecular weight excluding hydrogens is 317 g/mol. The minimum atomic E-state index is -0.256. The fraction of sp³-hybridized carbons (Fsp3) is 0.500. The average molecular weight is 337 g/mol. The molecule has 0 amide bonds. The Morgan fingerprint density at radius 2 is 2.17 bits per heavy atom. The van der Waals surface area contributed by atoms with Gasteiger partial charge in [-0.05, 0) is 37.1 Å². The van der Waals surface area contributed by atoms with Gasteiger partial charge in [0.2, 0.25) is 0 Å². The summed E-state index contributed by atoms with van der Waals surface area (Å²) in [5.74, 6) is 1.30. The van der Waals surface area contributed by atoms with E-state index in [1.807, 2.05) is 0 Å². The molecule has 1 atom stereocenters. The molecule has 1 aliphatic rings. The van der Waals surface area contributed by atoms with Crippen LogP contribution in [0.25, 0.3) is 11.4 Å². The highest BCUT2D eigenvalue weighted by molar-refractivity contribution is 7.99. The van der Waals surface area contributed by atoms with Crippen molar-refractivity contribution in [1.29, 1.82) is 0 Å². The van der Waals surface area contributed by atoms with Gasteiger partial charge < -0.3 is 9.47 Å². The lowest BCUT2D eigenvalue weighted by atomic mass is 10.2. The van der Waals surface area contributed by atoms with Crippen molar-refractivity contribution in [2.24, 2.45) is 0 Å². The van der Waals surface area contributed by atoms with Crippen LogP contribution in [0.2, 0.25) is 0 Å². The lowest BCUT2D eigenvalue weighted by Gasteiger charge is -2.14. The van der Waals surface area contributed by atoms with Crippen LogP contribution in [0.3, 0.4) is 0 Å². The Balaban J connectivity index is 1.86. The van der Waals surface area contributed by atoms with E-state index in [9.17, 15) is 4.39 Å². The van der Waals surface area contributed by atoms with Crippen LogP contribution in [0.5, 0.6) is 0 Å². The maximum absolute atomic E-state index is 13.2. The third-order valence-corrected chi connectivity index (χ3v) is 4.68. The second-order valence-electron chi connectivity index (χ2n) is 5.40. The molecule has 1 saturated heterocycles. The lowest BCUT2D eigenvalue weighted by molar-refractivity contribution is 0.0953. The van der Waals surface area contributed by atoms with Gasteiger partial charge in [0.25, 0.3) is 0 Å². The van der Waals surface area contributed by atoms with Crippen LogP contribution in [0, 0.1) is 5.82 Å². The molecule has 0 bridgehead atoms. The smallest absolute Gasteiger partial charge is 0.191 e. The van der Waals surface area contributed by atoms with Gasteiger partial charge in [0, 0.05) is 25.0 Å². The quantitative estimate of drug-likeness (QED) is 0.574. The highest BCUT2D eigenvalue weighted by Crippen LogP contribution is 2.26. The zero-order valence-corrected chi connectivity index (χ0v) is 13.9. The topological polar surface area (TPSA) is 49.2 Å². The third-order valence-electron chi connectivity index (χ3n) is 3.75. The van der Waals surface area contributed by atoms with E-state index in [0.717, 1.165) is 48.3 Å². The van der Waals surface area contributed by atoms with Crippen molar-refractivity contribution in [1.82, 2.24) is 14.8 Å². The van der Waals surface area contributed by atoms with E-state index in [1.54, 1.807) is 31.0 Å². The highest BCUT2D eigenvalue weighted by Gasteiger charge is 2.21. The van der Waals surface area contributed by atoms with Gasteiger partial charge in [-0.1, -0.05) is 11.8 Å². The summed E-state index contributed by atoms with van der Waals surface area (Å²) < 4.78 is 26.1. The zero-order valence-electron chi connectivity index (χ0n) is 13.1. The Bertz CT molecular complexity index is 627.